The Morgan fingerprint density at radius 3 is 2.62 bits per heavy atom. The van der Waals surface area contributed by atoms with Gasteiger partial charge < -0.3 is 5.11 Å². The van der Waals surface area contributed by atoms with Gasteiger partial charge in [0.1, 0.15) is 12.4 Å². The van der Waals surface area contributed by atoms with Gasteiger partial charge in [-0.1, -0.05) is 29.8 Å². The zero-order chi connectivity index (χ0) is 16.7. The summed E-state index contributed by atoms with van der Waals surface area (Å²) in [4.78, 5) is 14.5. The molecule has 3 aromatic rings. The van der Waals surface area contributed by atoms with E-state index in [1.165, 1.54) is 0 Å². The minimum atomic E-state index is -0.269. The molecule has 1 aromatic heterocycles. The van der Waals surface area contributed by atoms with Gasteiger partial charge in [0.15, 0.2) is 5.82 Å². The van der Waals surface area contributed by atoms with Crippen molar-refractivity contribution >= 4 is 28.9 Å². The molecule has 0 saturated carbocycles. The normalized spacial score (nSPS) is 13.4. The van der Waals surface area contributed by atoms with E-state index in [2.05, 4.69) is 10.2 Å². The highest BCUT2D eigenvalue weighted by atomic mass is 35.5. The number of aromatic nitrogens is 3. The first-order valence-electron chi connectivity index (χ1n) is 7.41. The number of anilines is 2. The summed E-state index contributed by atoms with van der Waals surface area (Å²) in [5.41, 5.74) is 2.08. The number of amides is 1. The molecule has 0 saturated heterocycles. The second kappa shape index (κ2) is 5.74. The lowest BCUT2D eigenvalue weighted by Crippen LogP contribution is -2.26. The van der Waals surface area contributed by atoms with Crippen LogP contribution in [0.2, 0.25) is 5.02 Å². The van der Waals surface area contributed by atoms with Crippen molar-refractivity contribution in [3.63, 3.8) is 0 Å². The molecule has 7 heteroatoms. The van der Waals surface area contributed by atoms with Crippen LogP contribution in [0.25, 0.3) is 5.69 Å². The van der Waals surface area contributed by atoms with Gasteiger partial charge >= 0.3 is 0 Å². The predicted molar refractivity (Wildman–Crippen MR) is 89.6 cm³/mol. The quantitative estimate of drug-likeness (QED) is 0.778. The molecule has 1 N–H and O–H groups in total. The maximum atomic E-state index is 12.9. The van der Waals surface area contributed by atoms with Crippen molar-refractivity contribution in [1.82, 2.24) is 14.8 Å². The van der Waals surface area contributed by atoms with Crippen LogP contribution >= 0.6 is 11.6 Å². The van der Waals surface area contributed by atoms with Crippen molar-refractivity contribution in [2.45, 2.75) is 13.0 Å². The first-order valence-corrected chi connectivity index (χ1v) is 7.79. The summed E-state index contributed by atoms with van der Waals surface area (Å²) in [7, 11) is 0. The van der Waals surface area contributed by atoms with Crippen molar-refractivity contribution in [3.8, 4) is 5.69 Å². The molecule has 0 fully saturated rings. The summed E-state index contributed by atoms with van der Waals surface area (Å²) >= 11 is 6.18. The fraction of sp³-hybridized carbons (Fsp3) is 0.118. The summed E-state index contributed by atoms with van der Waals surface area (Å²) in [5.74, 6) is 0.739. The third kappa shape index (κ3) is 2.28. The number of carbonyl (C=O) groups excluding carboxylic acids is 1. The summed E-state index contributed by atoms with van der Waals surface area (Å²) in [6.07, 6.45) is 0.0776. The molecule has 0 bridgehead atoms. The third-order valence-electron chi connectivity index (χ3n) is 3.93. The first-order chi connectivity index (χ1) is 11.7. The largest absolute Gasteiger partial charge is 0.388 e. The third-order valence-corrected chi connectivity index (χ3v) is 4.17. The highest BCUT2D eigenvalue weighted by Crippen LogP contribution is 2.37. The summed E-state index contributed by atoms with van der Waals surface area (Å²) < 4.78 is 1.71. The van der Waals surface area contributed by atoms with Crippen molar-refractivity contribution in [2.75, 3.05) is 4.90 Å². The Bertz CT molecular complexity index is 924. The Labute approximate surface area is 142 Å². The molecule has 0 spiro atoms. The Morgan fingerprint density at radius 1 is 1.08 bits per heavy atom. The van der Waals surface area contributed by atoms with E-state index < -0.39 is 0 Å². The fourth-order valence-electron chi connectivity index (χ4n) is 2.92. The van der Waals surface area contributed by atoms with Gasteiger partial charge in [0.05, 0.1) is 17.8 Å². The molecule has 0 radical (unpaired) electrons. The van der Waals surface area contributed by atoms with E-state index in [1.807, 2.05) is 30.3 Å². The number of hydrogen-bond acceptors (Lipinski definition) is 4. The van der Waals surface area contributed by atoms with E-state index >= 15 is 0 Å². The molecular formula is C17H13ClN4O2. The van der Waals surface area contributed by atoms with Crippen molar-refractivity contribution < 1.29 is 9.90 Å². The summed E-state index contributed by atoms with van der Waals surface area (Å²) in [6.45, 7) is -0.269. The molecule has 0 unspecified atom stereocenters. The van der Waals surface area contributed by atoms with Gasteiger partial charge in [-0.15, -0.1) is 10.2 Å². The Hall–Kier alpha value is -2.70. The van der Waals surface area contributed by atoms with Gasteiger partial charge in [-0.2, -0.15) is 0 Å². The van der Waals surface area contributed by atoms with E-state index in [1.54, 1.807) is 27.7 Å². The number of carbonyl (C=O) groups is 1. The van der Waals surface area contributed by atoms with Gasteiger partial charge in [-0.3, -0.25) is 14.3 Å². The van der Waals surface area contributed by atoms with E-state index in [0.717, 1.165) is 5.69 Å². The fourth-order valence-corrected chi connectivity index (χ4v) is 3.09. The number of benzene rings is 2. The van der Waals surface area contributed by atoms with Crippen LogP contribution in [0, 0.1) is 0 Å². The standard InChI is InChI=1S/C17H13ClN4O2/c18-11-6-7-13-14(8-11)21(12-4-2-1-3-5-12)17(24)9-15-19-20-16(10-23)22(13)15/h1-8,23H,9-10H2. The molecule has 1 aliphatic rings. The Balaban J connectivity index is 2.01. The van der Waals surface area contributed by atoms with Crippen molar-refractivity contribution in [1.29, 1.82) is 0 Å². The molecule has 120 valence electrons. The van der Waals surface area contributed by atoms with Crippen LogP contribution in [0.15, 0.2) is 48.5 Å². The second-order valence-corrected chi connectivity index (χ2v) is 5.84. The van der Waals surface area contributed by atoms with Crippen LogP contribution in [0.4, 0.5) is 11.4 Å². The van der Waals surface area contributed by atoms with Gasteiger partial charge in [-0.05, 0) is 30.3 Å². The smallest absolute Gasteiger partial charge is 0.239 e. The van der Waals surface area contributed by atoms with Crippen LogP contribution in [-0.4, -0.2) is 25.8 Å². The average molecular weight is 341 g/mol. The number of halogens is 1. The molecule has 4 rings (SSSR count). The predicted octanol–water partition coefficient (Wildman–Crippen LogP) is 2.63. The van der Waals surface area contributed by atoms with Crippen LogP contribution in [0.1, 0.15) is 11.6 Å². The van der Waals surface area contributed by atoms with Crippen LogP contribution in [0.3, 0.4) is 0 Å². The van der Waals surface area contributed by atoms with Gasteiger partial charge in [0.2, 0.25) is 5.91 Å². The first kappa shape index (κ1) is 14.9. The molecular weight excluding hydrogens is 328 g/mol. The number of para-hydroxylation sites is 1. The molecule has 2 heterocycles. The summed E-state index contributed by atoms with van der Waals surface area (Å²) in [6, 6.07) is 14.6. The second-order valence-electron chi connectivity index (χ2n) is 5.40. The zero-order valence-corrected chi connectivity index (χ0v) is 13.3. The van der Waals surface area contributed by atoms with E-state index in [4.69, 9.17) is 11.6 Å². The van der Waals surface area contributed by atoms with Crippen LogP contribution in [0.5, 0.6) is 0 Å². The molecule has 2 aromatic carbocycles. The maximum Gasteiger partial charge on any atom is 0.239 e. The minimum Gasteiger partial charge on any atom is -0.388 e. The lowest BCUT2D eigenvalue weighted by molar-refractivity contribution is -0.117. The lowest BCUT2D eigenvalue weighted by Gasteiger charge is -2.23. The van der Waals surface area contributed by atoms with E-state index in [-0.39, 0.29) is 18.9 Å². The van der Waals surface area contributed by atoms with Gasteiger partial charge in [-0.25, -0.2) is 0 Å². The zero-order valence-electron chi connectivity index (χ0n) is 12.6. The summed E-state index contributed by atoms with van der Waals surface area (Å²) in [5, 5.41) is 18.1. The molecule has 1 aliphatic heterocycles. The highest BCUT2D eigenvalue weighted by molar-refractivity contribution is 6.31. The van der Waals surface area contributed by atoms with Gasteiger partial charge in [0.25, 0.3) is 0 Å². The molecule has 0 atom stereocenters. The average Bonchev–Trinajstić information content (AvgIpc) is 2.94. The highest BCUT2D eigenvalue weighted by Gasteiger charge is 2.30. The maximum absolute atomic E-state index is 12.9. The van der Waals surface area contributed by atoms with Gasteiger partial charge in [0, 0.05) is 10.7 Å². The van der Waals surface area contributed by atoms with Crippen LogP contribution < -0.4 is 4.90 Å². The Kier molecular flexibility index (Phi) is 3.55. The number of hydrogen-bond donors (Lipinski definition) is 1. The SMILES string of the molecule is O=C1Cc2nnc(CO)n2-c2ccc(Cl)cc2N1c1ccccc1. The minimum absolute atomic E-state index is 0.0776. The van der Waals surface area contributed by atoms with Crippen molar-refractivity contribution in [3.05, 3.63) is 65.2 Å². The molecule has 6 nitrogen and oxygen atoms in total. The van der Waals surface area contributed by atoms with E-state index in [9.17, 15) is 9.90 Å². The monoisotopic (exact) mass is 340 g/mol. The number of rotatable bonds is 2. The number of nitrogens with zero attached hydrogens (tertiary/aromatic N) is 4. The topological polar surface area (TPSA) is 71.2 Å². The van der Waals surface area contributed by atoms with Crippen molar-refractivity contribution in [2.24, 2.45) is 0 Å². The number of aliphatic hydroxyl groups is 1. The molecule has 1 amide bonds. The van der Waals surface area contributed by atoms with E-state index in [0.29, 0.717) is 28.0 Å². The van der Waals surface area contributed by atoms with Crippen LogP contribution in [-0.2, 0) is 17.8 Å². The molecule has 0 aliphatic carbocycles. The number of aliphatic hydroxyl groups excluding tert-OH is 1. The Morgan fingerprint density at radius 2 is 1.88 bits per heavy atom. The lowest BCUT2D eigenvalue weighted by atomic mass is 10.2. The number of fused-ring (bicyclic) bond motifs is 3. The molecule has 24 heavy (non-hydrogen) atoms.